The zero-order chi connectivity index (χ0) is 16.4. The third-order valence-electron chi connectivity index (χ3n) is 5.32. The van der Waals surface area contributed by atoms with E-state index in [0.29, 0.717) is 5.13 Å². The lowest BCUT2D eigenvalue weighted by molar-refractivity contribution is 0.148. The van der Waals surface area contributed by atoms with Crippen molar-refractivity contribution < 1.29 is 0 Å². The molecule has 5 nitrogen and oxygen atoms in total. The van der Waals surface area contributed by atoms with Crippen molar-refractivity contribution in [3.8, 4) is 10.6 Å². The van der Waals surface area contributed by atoms with Crippen LogP contribution in [0.25, 0.3) is 10.6 Å². The Kier molecular flexibility index (Phi) is 4.67. The van der Waals surface area contributed by atoms with E-state index in [-0.39, 0.29) is 0 Å². The number of aromatic nitrogens is 2. The van der Waals surface area contributed by atoms with Crippen molar-refractivity contribution in [1.82, 2.24) is 15.1 Å². The van der Waals surface area contributed by atoms with E-state index in [9.17, 15) is 0 Å². The van der Waals surface area contributed by atoms with Gasteiger partial charge in [-0.25, -0.2) is 0 Å². The summed E-state index contributed by atoms with van der Waals surface area (Å²) in [4.78, 5) is 5.20. The number of nitrogens with two attached hydrogens (primary N) is 1. The molecule has 0 unspecified atom stereocenters. The molecule has 4 rings (SSSR count). The number of para-hydroxylation sites is 1. The molecule has 2 aromatic rings. The molecule has 2 N–H and O–H groups in total. The van der Waals surface area contributed by atoms with Gasteiger partial charge in [0.2, 0.25) is 5.13 Å². The number of rotatable bonds is 3. The maximum absolute atomic E-state index is 5.77. The SMILES string of the molecule is Nc1nnc(-c2ccccc2N2CCN(C3CCCCC3)CC2)s1. The van der Waals surface area contributed by atoms with Crippen molar-refractivity contribution >= 4 is 22.2 Å². The topological polar surface area (TPSA) is 58.3 Å². The lowest BCUT2D eigenvalue weighted by atomic mass is 9.94. The Hall–Kier alpha value is -1.66. The van der Waals surface area contributed by atoms with Gasteiger partial charge in [0.15, 0.2) is 5.01 Å². The van der Waals surface area contributed by atoms with E-state index in [2.05, 4.69) is 44.3 Å². The summed E-state index contributed by atoms with van der Waals surface area (Å²) >= 11 is 1.46. The highest BCUT2D eigenvalue weighted by Gasteiger charge is 2.26. The first kappa shape index (κ1) is 15.8. The minimum absolute atomic E-state index is 0.530. The van der Waals surface area contributed by atoms with Crippen molar-refractivity contribution in [1.29, 1.82) is 0 Å². The zero-order valence-corrected chi connectivity index (χ0v) is 14.8. The van der Waals surface area contributed by atoms with Gasteiger partial charge >= 0.3 is 0 Å². The molecule has 0 bridgehead atoms. The molecule has 1 aromatic heterocycles. The molecular weight excluding hydrogens is 318 g/mol. The van der Waals surface area contributed by atoms with Gasteiger partial charge in [-0.2, -0.15) is 0 Å². The first-order valence-corrected chi connectivity index (χ1v) is 9.80. The predicted molar refractivity (Wildman–Crippen MR) is 100 cm³/mol. The standard InChI is InChI=1S/C18H25N5S/c19-18-21-20-17(24-18)15-8-4-5-9-16(15)23-12-10-22(11-13-23)14-6-2-1-3-7-14/h4-5,8-9,14H,1-3,6-7,10-13H2,(H2,19,21). The highest BCUT2D eigenvalue weighted by molar-refractivity contribution is 7.18. The number of nitrogens with zero attached hydrogens (tertiary/aromatic N) is 4. The zero-order valence-electron chi connectivity index (χ0n) is 14.0. The van der Waals surface area contributed by atoms with E-state index < -0.39 is 0 Å². The summed E-state index contributed by atoms with van der Waals surface area (Å²) in [6, 6.07) is 9.32. The third kappa shape index (κ3) is 3.26. The molecule has 0 amide bonds. The molecule has 1 aliphatic carbocycles. The average molecular weight is 344 g/mol. The van der Waals surface area contributed by atoms with Crippen LogP contribution in [0.4, 0.5) is 10.8 Å². The van der Waals surface area contributed by atoms with Crippen LogP contribution in [0.15, 0.2) is 24.3 Å². The first-order chi connectivity index (χ1) is 11.8. The molecule has 2 heterocycles. The number of piperazine rings is 1. The molecule has 0 radical (unpaired) electrons. The van der Waals surface area contributed by atoms with Crippen LogP contribution in [0.2, 0.25) is 0 Å². The fourth-order valence-corrected chi connectivity index (χ4v) is 4.69. The van der Waals surface area contributed by atoms with Crippen molar-refractivity contribution in [2.24, 2.45) is 0 Å². The summed E-state index contributed by atoms with van der Waals surface area (Å²) in [7, 11) is 0. The fourth-order valence-electron chi connectivity index (χ4n) is 4.05. The molecule has 1 saturated carbocycles. The van der Waals surface area contributed by atoms with Crippen LogP contribution in [0.3, 0.4) is 0 Å². The molecule has 128 valence electrons. The lowest BCUT2D eigenvalue weighted by Gasteiger charge is -2.42. The van der Waals surface area contributed by atoms with Crippen LogP contribution in [-0.2, 0) is 0 Å². The maximum atomic E-state index is 5.77. The van der Waals surface area contributed by atoms with Crippen molar-refractivity contribution in [3.63, 3.8) is 0 Å². The van der Waals surface area contributed by atoms with Crippen molar-refractivity contribution in [2.45, 2.75) is 38.1 Å². The van der Waals surface area contributed by atoms with Gasteiger partial charge in [-0.05, 0) is 25.0 Å². The summed E-state index contributed by atoms with van der Waals surface area (Å²) in [5.41, 5.74) is 8.18. The average Bonchev–Trinajstić information content (AvgIpc) is 3.09. The Labute approximate surface area is 147 Å². The van der Waals surface area contributed by atoms with E-state index in [0.717, 1.165) is 42.8 Å². The highest BCUT2D eigenvalue weighted by Crippen LogP contribution is 2.34. The molecule has 2 fully saturated rings. The first-order valence-electron chi connectivity index (χ1n) is 8.98. The van der Waals surface area contributed by atoms with E-state index in [1.807, 2.05) is 0 Å². The largest absolute Gasteiger partial charge is 0.374 e. The fraction of sp³-hybridized carbons (Fsp3) is 0.556. The monoisotopic (exact) mass is 343 g/mol. The van der Waals surface area contributed by atoms with E-state index in [4.69, 9.17) is 5.73 Å². The van der Waals surface area contributed by atoms with Gasteiger partial charge in [-0.1, -0.05) is 42.7 Å². The Morgan fingerprint density at radius 3 is 2.42 bits per heavy atom. The van der Waals surface area contributed by atoms with Gasteiger partial charge < -0.3 is 10.6 Å². The minimum atomic E-state index is 0.530. The summed E-state index contributed by atoms with van der Waals surface area (Å²) in [6.07, 6.45) is 7.02. The van der Waals surface area contributed by atoms with Crippen LogP contribution in [0, 0.1) is 0 Å². The molecule has 6 heteroatoms. The van der Waals surface area contributed by atoms with E-state index >= 15 is 0 Å². The molecule has 0 spiro atoms. The van der Waals surface area contributed by atoms with Crippen LogP contribution in [0.5, 0.6) is 0 Å². The summed E-state index contributed by atoms with van der Waals surface area (Å²) in [5, 5.41) is 9.65. The molecule has 1 saturated heterocycles. The van der Waals surface area contributed by atoms with Crippen molar-refractivity contribution in [2.75, 3.05) is 36.8 Å². The Morgan fingerprint density at radius 1 is 0.958 bits per heavy atom. The van der Waals surface area contributed by atoms with E-state index in [1.54, 1.807) is 0 Å². The smallest absolute Gasteiger partial charge is 0.203 e. The van der Waals surface area contributed by atoms with Gasteiger partial charge in [0.05, 0.1) is 0 Å². The summed E-state index contributed by atoms with van der Waals surface area (Å²) in [5.74, 6) is 0. The molecule has 24 heavy (non-hydrogen) atoms. The Morgan fingerprint density at radius 2 is 1.71 bits per heavy atom. The van der Waals surface area contributed by atoms with Crippen LogP contribution in [-0.4, -0.2) is 47.3 Å². The second-order valence-corrected chi connectivity index (χ2v) is 7.79. The van der Waals surface area contributed by atoms with Crippen LogP contribution < -0.4 is 10.6 Å². The Bertz CT molecular complexity index is 672. The molecule has 1 aliphatic heterocycles. The van der Waals surface area contributed by atoms with Gasteiger partial charge in [-0.15, -0.1) is 10.2 Å². The number of anilines is 2. The molecule has 0 atom stereocenters. The van der Waals surface area contributed by atoms with Gasteiger partial charge in [0.25, 0.3) is 0 Å². The number of nitrogen functional groups attached to an aromatic ring is 1. The maximum Gasteiger partial charge on any atom is 0.203 e. The number of hydrogen-bond donors (Lipinski definition) is 1. The second-order valence-electron chi connectivity index (χ2n) is 6.78. The van der Waals surface area contributed by atoms with Gasteiger partial charge in [-0.3, -0.25) is 4.90 Å². The van der Waals surface area contributed by atoms with Crippen LogP contribution >= 0.6 is 11.3 Å². The van der Waals surface area contributed by atoms with Gasteiger partial charge in [0.1, 0.15) is 0 Å². The third-order valence-corrected chi connectivity index (χ3v) is 6.11. The minimum Gasteiger partial charge on any atom is -0.374 e. The summed E-state index contributed by atoms with van der Waals surface area (Å²) < 4.78 is 0. The number of hydrogen-bond acceptors (Lipinski definition) is 6. The summed E-state index contributed by atoms with van der Waals surface area (Å²) in [6.45, 7) is 4.50. The molecular formula is C18H25N5S. The lowest BCUT2D eigenvalue weighted by Crippen LogP contribution is -2.51. The Balaban J connectivity index is 1.48. The normalized spacial score (nSPS) is 20.4. The van der Waals surface area contributed by atoms with Gasteiger partial charge in [0, 0.05) is 43.5 Å². The second kappa shape index (κ2) is 7.07. The van der Waals surface area contributed by atoms with E-state index in [1.165, 1.54) is 49.1 Å². The van der Waals surface area contributed by atoms with Crippen LogP contribution in [0.1, 0.15) is 32.1 Å². The number of benzene rings is 1. The predicted octanol–water partition coefficient (Wildman–Crippen LogP) is 3.24. The quantitative estimate of drug-likeness (QED) is 0.927. The van der Waals surface area contributed by atoms with Crippen molar-refractivity contribution in [3.05, 3.63) is 24.3 Å². The molecule has 2 aliphatic rings. The molecule has 1 aromatic carbocycles. The highest BCUT2D eigenvalue weighted by atomic mass is 32.1.